The van der Waals surface area contributed by atoms with Crippen LogP contribution in [0.1, 0.15) is 0 Å². The van der Waals surface area contributed by atoms with Crippen molar-refractivity contribution in [1.82, 2.24) is 5.32 Å². The number of hydrogen-bond acceptors (Lipinski definition) is 3. The summed E-state index contributed by atoms with van der Waals surface area (Å²) in [7, 11) is 0. The minimum atomic E-state index is -2.56. The summed E-state index contributed by atoms with van der Waals surface area (Å²) in [4.78, 5) is 11.0. The standard InChI is InChI=1S/C10H12F2N2O2/c11-9(12)5-14-10(15)6-16-8-3-1-2-7(13)4-8/h1-4,9H,5-6,13H2,(H,14,15). The van der Waals surface area contributed by atoms with Gasteiger partial charge in [0.15, 0.2) is 6.61 Å². The Bertz CT molecular complexity index is 358. The zero-order valence-corrected chi connectivity index (χ0v) is 8.45. The third kappa shape index (κ3) is 4.59. The first-order chi connectivity index (χ1) is 7.58. The number of amides is 1. The summed E-state index contributed by atoms with van der Waals surface area (Å²) in [5.74, 6) is -0.171. The van der Waals surface area contributed by atoms with Gasteiger partial charge in [0, 0.05) is 11.8 Å². The van der Waals surface area contributed by atoms with E-state index >= 15 is 0 Å². The maximum Gasteiger partial charge on any atom is 0.258 e. The molecular formula is C10H12F2N2O2. The lowest BCUT2D eigenvalue weighted by molar-refractivity contribution is -0.123. The number of carbonyl (C=O) groups is 1. The SMILES string of the molecule is Nc1cccc(OCC(=O)NCC(F)F)c1. The van der Waals surface area contributed by atoms with Gasteiger partial charge in [0.25, 0.3) is 12.3 Å². The molecule has 0 saturated heterocycles. The molecular weight excluding hydrogens is 218 g/mol. The molecule has 1 aromatic carbocycles. The zero-order valence-electron chi connectivity index (χ0n) is 8.45. The van der Waals surface area contributed by atoms with E-state index in [4.69, 9.17) is 10.5 Å². The van der Waals surface area contributed by atoms with E-state index in [9.17, 15) is 13.6 Å². The van der Waals surface area contributed by atoms with Crippen LogP contribution in [0.4, 0.5) is 14.5 Å². The van der Waals surface area contributed by atoms with Crippen molar-refractivity contribution in [2.45, 2.75) is 6.43 Å². The second-order valence-electron chi connectivity index (χ2n) is 3.06. The van der Waals surface area contributed by atoms with Crippen LogP contribution < -0.4 is 15.8 Å². The highest BCUT2D eigenvalue weighted by Gasteiger charge is 2.06. The van der Waals surface area contributed by atoms with E-state index in [-0.39, 0.29) is 6.61 Å². The Morgan fingerprint density at radius 3 is 2.88 bits per heavy atom. The minimum absolute atomic E-state index is 0.309. The van der Waals surface area contributed by atoms with Crippen LogP contribution in [-0.4, -0.2) is 25.5 Å². The second kappa shape index (κ2) is 5.89. The molecule has 0 aliphatic rings. The number of ether oxygens (including phenoxy) is 1. The number of nitrogens with two attached hydrogens (primary N) is 1. The van der Waals surface area contributed by atoms with E-state index in [1.807, 2.05) is 5.32 Å². The lowest BCUT2D eigenvalue weighted by Crippen LogP contribution is -2.32. The maximum atomic E-state index is 11.7. The molecule has 1 rings (SSSR count). The molecule has 1 aromatic rings. The lowest BCUT2D eigenvalue weighted by atomic mass is 10.3. The van der Waals surface area contributed by atoms with Crippen LogP contribution in [0.25, 0.3) is 0 Å². The topological polar surface area (TPSA) is 64.3 Å². The summed E-state index contributed by atoms with van der Waals surface area (Å²) < 4.78 is 28.5. The molecule has 6 heteroatoms. The lowest BCUT2D eigenvalue weighted by Gasteiger charge is -2.07. The Morgan fingerprint density at radius 2 is 2.25 bits per heavy atom. The molecule has 0 bridgehead atoms. The molecule has 3 N–H and O–H groups in total. The normalized spacial score (nSPS) is 10.2. The number of benzene rings is 1. The predicted molar refractivity (Wildman–Crippen MR) is 55.4 cm³/mol. The smallest absolute Gasteiger partial charge is 0.258 e. The summed E-state index contributed by atoms with van der Waals surface area (Å²) in [5, 5.41) is 2.02. The molecule has 0 aliphatic heterocycles. The molecule has 88 valence electrons. The van der Waals surface area contributed by atoms with Crippen LogP contribution in [0.15, 0.2) is 24.3 Å². The molecule has 1 amide bonds. The van der Waals surface area contributed by atoms with E-state index < -0.39 is 18.9 Å². The number of nitrogens with one attached hydrogen (secondary N) is 1. The third-order valence-corrected chi connectivity index (χ3v) is 1.68. The zero-order chi connectivity index (χ0) is 12.0. The fourth-order valence-corrected chi connectivity index (χ4v) is 0.995. The van der Waals surface area contributed by atoms with Crippen LogP contribution >= 0.6 is 0 Å². The average molecular weight is 230 g/mol. The molecule has 0 atom stereocenters. The Morgan fingerprint density at radius 1 is 1.50 bits per heavy atom. The average Bonchev–Trinajstić information content (AvgIpc) is 2.23. The van der Waals surface area contributed by atoms with Crippen LogP contribution in [0.3, 0.4) is 0 Å². The highest BCUT2D eigenvalue weighted by Crippen LogP contribution is 2.13. The quantitative estimate of drug-likeness (QED) is 0.742. The van der Waals surface area contributed by atoms with Gasteiger partial charge >= 0.3 is 0 Å². The first-order valence-corrected chi connectivity index (χ1v) is 4.61. The summed E-state index contributed by atoms with van der Waals surface area (Å²) in [6.45, 7) is -0.977. The fourth-order valence-electron chi connectivity index (χ4n) is 0.995. The summed E-state index contributed by atoms with van der Waals surface area (Å²) >= 11 is 0. The van der Waals surface area contributed by atoms with Crippen molar-refractivity contribution < 1.29 is 18.3 Å². The van der Waals surface area contributed by atoms with Gasteiger partial charge in [0.1, 0.15) is 5.75 Å². The van der Waals surface area contributed by atoms with Crippen LogP contribution in [0, 0.1) is 0 Å². The van der Waals surface area contributed by atoms with Crippen molar-refractivity contribution in [1.29, 1.82) is 0 Å². The number of anilines is 1. The predicted octanol–water partition coefficient (Wildman–Crippen LogP) is 1.03. The van der Waals surface area contributed by atoms with Gasteiger partial charge in [-0.2, -0.15) is 0 Å². The van der Waals surface area contributed by atoms with Crippen molar-refractivity contribution in [3.8, 4) is 5.75 Å². The Balaban J connectivity index is 2.31. The summed E-state index contributed by atoms with van der Waals surface area (Å²) in [6.07, 6.45) is -2.56. The number of carbonyl (C=O) groups excluding carboxylic acids is 1. The number of halogens is 2. The van der Waals surface area contributed by atoms with Gasteiger partial charge in [-0.25, -0.2) is 8.78 Å². The van der Waals surface area contributed by atoms with E-state index in [2.05, 4.69) is 0 Å². The first kappa shape index (κ1) is 12.2. The van der Waals surface area contributed by atoms with Crippen molar-refractivity contribution in [2.24, 2.45) is 0 Å². The molecule has 0 aliphatic carbocycles. The monoisotopic (exact) mass is 230 g/mol. The molecule has 0 unspecified atom stereocenters. The number of nitrogen functional groups attached to an aromatic ring is 1. The van der Waals surface area contributed by atoms with Gasteiger partial charge in [-0.15, -0.1) is 0 Å². The van der Waals surface area contributed by atoms with Crippen molar-refractivity contribution in [3.05, 3.63) is 24.3 Å². The Labute approximate surface area is 91.4 Å². The third-order valence-electron chi connectivity index (χ3n) is 1.68. The number of rotatable bonds is 5. The summed E-state index contributed by atoms with van der Waals surface area (Å²) in [6, 6.07) is 6.50. The fraction of sp³-hybridized carbons (Fsp3) is 0.300. The highest BCUT2D eigenvalue weighted by molar-refractivity contribution is 5.77. The van der Waals surface area contributed by atoms with Gasteiger partial charge < -0.3 is 15.8 Å². The first-order valence-electron chi connectivity index (χ1n) is 4.61. The van der Waals surface area contributed by atoms with Crippen molar-refractivity contribution >= 4 is 11.6 Å². The number of hydrogen-bond donors (Lipinski definition) is 2. The molecule has 4 nitrogen and oxygen atoms in total. The highest BCUT2D eigenvalue weighted by atomic mass is 19.3. The van der Waals surface area contributed by atoms with Gasteiger partial charge in [0.2, 0.25) is 0 Å². The molecule has 16 heavy (non-hydrogen) atoms. The molecule has 0 heterocycles. The van der Waals surface area contributed by atoms with Crippen LogP contribution in [0.5, 0.6) is 5.75 Å². The van der Waals surface area contributed by atoms with Gasteiger partial charge in [-0.05, 0) is 12.1 Å². The van der Waals surface area contributed by atoms with Gasteiger partial charge in [-0.1, -0.05) is 6.07 Å². The van der Waals surface area contributed by atoms with E-state index in [1.165, 1.54) is 0 Å². The second-order valence-corrected chi connectivity index (χ2v) is 3.06. The maximum absolute atomic E-state index is 11.7. The minimum Gasteiger partial charge on any atom is -0.484 e. The van der Waals surface area contributed by atoms with Gasteiger partial charge in [0.05, 0.1) is 6.54 Å². The molecule has 0 aromatic heterocycles. The number of alkyl halides is 2. The largest absolute Gasteiger partial charge is 0.484 e. The van der Waals surface area contributed by atoms with Crippen LogP contribution in [-0.2, 0) is 4.79 Å². The van der Waals surface area contributed by atoms with Gasteiger partial charge in [-0.3, -0.25) is 4.79 Å². The van der Waals surface area contributed by atoms with E-state index in [0.29, 0.717) is 11.4 Å². The van der Waals surface area contributed by atoms with Crippen molar-refractivity contribution in [3.63, 3.8) is 0 Å². The van der Waals surface area contributed by atoms with E-state index in [1.54, 1.807) is 24.3 Å². The molecule has 0 radical (unpaired) electrons. The Hall–Kier alpha value is -1.85. The molecule has 0 spiro atoms. The Kier molecular flexibility index (Phi) is 4.50. The summed E-state index contributed by atoms with van der Waals surface area (Å²) in [5.41, 5.74) is 5.99. The van der Waals surface area contributed by atoms with Crippen LogP contribution in [0.2, 0.25) is 0 Å². The molecule has 0 fully saturated rings. The van der Waals surface area contributed by atoms with Crippen molar-refractivity contribution in [2.75, 3.05) is 18.9 Å². The molecule has 0 saturated carbocycles. The van der Waals surface area contributed by atoms with E-state index in [0.717, 1.165) is 0 Å².